The smallest absolute Gasteiger partial charge is 0.183 e. The summed E-state index contributed by atoms with van der Waals surface area (Å²) in [5.74, 6) is 2.31. The lowest BCUT2D eigenvalue weighted by Crippen LogP contribution is -2.52. The van der Waals surface area contributed by atoms with Gasteiger partial charge >= 0.3 is 0 Å². The van der Waals surface area contributed by atoms with E-state index in [1.165, 1.54) is 0 Å². The topological polar surface area (TPSA) is 96.9 Å². The van der Waals surface area contributed by atoms with Gasteiger partial charge in [-0.15, -0.1) is 0 Å². The Labute approximate surface area is 277 Å². The van der Waals surface area contributed by atoms with Crippen LogP contribution in [0.3, 0.4) is 0 Å². The minimum absolute atomic E-state index is 0.118. The van der Waals surface area contributed by atoms with Crippen LogP contribution in [0.1, 0.15) is 36.0 Å². The maximum atomic E-state index is 10.3. The molecular formula is C38H47NO8. The SMILES string of the molecule is COc1ccccc1COCCCOc1ccc([C@@H]2[C@@H](OCc3cc(OC)c4ccccc4c3)CNC[C@H]2OC(OC)[C@H](C)O)cc1. The molecule has 0 spiro atoms. The Bertz CT molecular complexity index is 1530. The highest BCUT2D eigenvalue weighted by molar-refractivity contribution is 5.89. The van der Waals surface area contributed by atoms with Crippen LogP contribution in [-0.2, 0) is 32.2 Å². The lowest BCUT2D eigenvalue weighted by atomic mass is 9.85. The first-order valence-electron chi connectivity index (χ1n) is 16.2. The van der Waals surface area contributed by atoms with Gasteiger partial charge in [0.15, 0.2) is 6.29 Å². The molecule has 252 valence electrons. The normalized spacial score (nSPS) is 19.3. The van der Waals surface area contributed by atoms with Gasteiger partial charge in [-0.3, -0.25) is 0 Å². The Hall–Kier alpha value is -3.70. The molecule has 0 amide bonds. The van der Waals surface area contributed by atoms with E-state index in [2.05, 4.69) is 35.6 Å². The van der Waals surface area contributed by atoms with Crippen LogP contribution in [0.5, 0.6) is 17.2 Å². The number of fused-ring (bicyclic) bond motifs is 1. The molecule has 0 aromatic heterocycles. The molecule has 0 aliphatic carbocycles. The molecular weight excluding hydrogens is 598 g/mol. The first-order valence-corrected chi connectivity index (χ1v) is 16.2. The second-order valence-electron chi connectivity index (χ2n) is 11.7. The van der Waals surface area contributed by atoms with Crippen LogP contribution in [0.25, 0.3) is 10.8 Å². The number of aliphatic hydroxyl groups is 1. The van der Waals surface area contributed by atoms with Gasteiger partial charge in [0, 0.05) is 43.5 Å². The zero-order valence-corrected chi connectivity index (χ0v) is 27.7. The molecule has 0 saturated carbocycles. The van der Waals surface area contributed by atoms with Crippen LogP contribution in [0.4, 0.5) is 0 Å². The predicted molar refractivity (Wildman–Crippen MR) is 181 cm³/mol. The summed E-state index contributed by atoms with van der Waals surface area (Å²) >= 11 is 0. The Morgan fingerprint density at radius 2 is 1.55 bits per heavy atom. The number of nitrogens with one attached hydrogen (secondary N) is 1. The Morgan fingerprint density at radius 1 is 0.809 bits per heavy atom. The first-order chi connectivity index (χ1) is 23.0. The Balaban J connectivity index is 1.23. The van der Waals surface area contributed by atoms with Gasteiger partial charge in [-0.25, -0.2) is 0 Å². The van der Waals surface area contributed by atoms with Crippen molar-refractivity contribution in [3.05, 3.63) is 102 Å². The van der Waals surface area contributed by atoms with Gasteiger partial charge in [-0.1, -0.05) is 54.6 Å². The summed E-state index contributed by atoms with van der Waals surface area (Å²) in [6.07, 6.45) is -1.30. The fourth-order valence-corrected chi connectivity index (χ4v) is 6.06. The fourth-order valence-electron chi connectivity index (χ4n) is 6.06. The highest BCUT2D eigenvalue weighted by atomic mass is 16.7. The summed E-state index contributed by atoms with van der Waals surface area (Å²) in [5.41, 5.74) is 3.11. The second-order valence-corrected chi connectivity index (χ2v) is 11.7. The fraction of sp³-hybridized carbons (Fsp3) is 0.421. The van der Waals surface area contributed by atoms with E-state index < -0.39 is 12.4 Å². The van der Waals surface area contributed by atoms with Gasteiger partial charge in [0.05, 0.1) is 52.9 Å². The molecule has 9 nitrogen and oxygen atoms in total. The van der Waals surface area contributed by atoms with Gasteiger partial charge in [0.25, 0.3) is 0 Å². The van der Waals surface area contributed by atoms with Crippen molar-refractivity contribution in [1.82, 2.24) is 5.32 Å². The van der Waals surface area contributed by atoms with Crippen LogP contribution in [0, 0.1) is 0 Å². The summed E-state index contributed by atoms with van der Waals surface area (Å²) in [5, 5.41) is 15.9. The average Bonchev–Trinajstić information content (AvgIpc) is 3.11. The molecule has 47 heavy (non-hydrogen) atoms. The number of aliphatic hydroxyl groups excluding tert-OH is 1. The molecule has 9 heteroatoms. The van der Waals surface area contributed by atoms with Crippen LogP contribution in [0.2, 0.25) is 0 Å². The van der Waals surface area contributed by atoms with E-state index in [9.17, 15) is 5.11 Å². The van der Waals surface area contributed by atoms with Gasteiger partial charge in [-0.05, 0) is 53.8 Å². The van der Waals surface area contributed by atoms with E-state index in [0.29, 0.717) is 39.5 Å². The first kappa shape index (κ1) is 34.6. The van der Waals surface area contributed by atoms with E-state index in [4.69, 9.17) is 33.2 Å². The number of ether oxygens (including phenoxy) is 7. The highest BCUT2D eigenvalue weighted by Gasteiger charge is 2.38. The number of methoxy groups -OCH3 is 3. The molecule has 2 N–H and O–H groups in total. The van der Waals surface area contributed by atoms with Crippen molar-refractivity contribution in [2.75, 3.05) is 47.6 Å². The highest BCUT2D eigenvalue weighted by Crippen LogP contribution is 2.34. The molecule has 5 rings (SSSR count). The van der Waals surface area contributed by atoms with Crippen molar-refractivity contribution >= 4 is 10.8 Å². The molecule has 1 saturated heterocycles. The van der Waals surface area contributed by atoms with Crippen LogP contribution in [0.15, 0.2) is 84.9 Å². The molecule has 1 unspecified atom stereocenters. The third kappa shape index (κ3) is 9.22. The molecule has 0 radical (unpaired) electrons. The van der Waals surface area contributed by atoms with Gasteiger partial charge in [0.1, 0.15) is 23.4 Å². The molecule has 1 heterocycles. The Morgan fingerprint density at radius 3 is 2.32 bits per heavy atom. The molecule has 4 aromatic rings. The lowest BCUT2D eigenvalue weighted by Gasteiger charge is -2.40. The van der Waals surface area contributed by atoms with Crippen LogP contribution < -0.4 is 19.5 Å². The van der Waals surface area contributed by atoms with Crippen molar-refractivity contribution in [2.24, 2.45) is 0 Å². The third-order valence-corrected chi connectivity index (χ3v) is 8.41. The zero-order valence-electron chi connectivity index (χ0n) is 27.7. The zero-order chi connectivity index (χ0) is 33.0. The van der Waals surface area contributed by atoms with E-state index in [1.807, 2.05) is 54.6 Å². The van der Waals surface area contributed by atoms with E-state index in [1.54, 1.807) is 28.3 Å². The number of rotatable bonds is 17. The lowest BCUT2D eigenvalue weighted by molar-refractivity contribution is -0.213. The van der Waals surface area contributed by atoms with E-state index >= 15 is 0 Å². The number of para-hydroxylation sites is 1. The molecule has 0 bridgehead atoms. The summed E-state index contributed by atoms with van der Waals surface area (Å²) in [6.45, 7) is 4.92. The quantitative estimate of drug-likeness (QED) is 0.108. The number of piperidine rings is 1. The standard InChI is InChI=1S/C38H47NO8/c1-26(40)38(43-4)47-36-23-39-22-35(46-24-27-20-29-10-5-7-12-32(29)34(21-27)42-3)37(36)28-14-16-31(17-15-28)45-19-9-18-44-25-30-11-6-8-13-33(30)41-2/h5-8,10-17,20-21,26,35-40H,9,18-19,22-25H2,1-4H3/t26-,35-,36+,37+,38?/m0/s1. The number of hydrogen-bond donors (Lipinski definition) is 2. The largest absolute Gasteiger partial charge is 0.496 e. The van der Waals surface area contributed by atoms with Crippen LogP contribution in [-0.4, -0.2) is 77.3 Å². The number of hydrogen-bond acceptors (Lipinski definition) is 9. The van der Waals surface area contributed by atoms with Gasteiger partial charge < -0.3 is 43.6 Å². The summed E-state index contributed by atoms with van der Waals surface area (Å²) in [7, 11) is 4.90. The minimum Gasteiger partial charge on any atom is -0.496 e. The van der Waals surface area contributed by atoms with Gasteiger partial charge in [-0.2, -0.15) is 0 Å². The molecule has 5 atom stereocenters. The monoisotopic (exact) mass is 645 g/mol. The maximum Gasteiger partial charge on any atom is 0.183 e. The van der Waals surface area contributed by atoms with Crippen molar-refractivity contribution in [3.63, 3.8) is 0 Å². The molecule has 1 aliphatic heterocycles. The van der Waals surface area contributed by atoms with E-state index in [0.717, 1.165) is 51.1 Å². The predicted octanol–water partition coefficient (Wildman–Crippen LogP) is 5.85. The van der Waals surface area contributed by atoms with E-state index in [-0.39, 0.29) is 18.1 Å². The van der Waals surface area contributed by atoms with Gasteiger partial charge in [0.2, 0.25) is 0 Å². The Kier molecular flexibility index (Phi) is 12.9. The summed E-state index contributed by atoms with van der Waals surface area (Å²) < 4.78 is 41.4. The summed E-state index contributed by atoms with van der Waals surface area (Å²) in [4.78, 5) is 0. The number of benzene rings is 4. The minimum atomic E-state index is -0.790. The second kappa shape index (κ2) is 17.5. The van der Waals surface area contributed by atoms with Crippen molar-refractivity contribution < 1.29 is 38.3 Å². The maximum absolute atomic E-state index is 10.3. The molecule has 4 aromatic carbocycles. The van der Waals surface area contributed by atoms with Crippen LogP contribution >= 0.6 is 0 Å². The molecule has 1 aliphatic rings. The van der Waals surface area contributed by atoms with Crippen molar-refractivity contribution in [1.29, 1.82) is 0 Å². The third-order valence-electron chi connectivity index (χ3n) is 8.41. The summed E-state index contributed by atoms with van der Waals surface area (Å²) in [6, 6.07) is 28.3. The average molecular weight is 646 g/mol. The van der Waals surface area contributed by atoms with Crippen molar-refractivity contribution in [3.8, 4) is 17.2 Å². The molecule has 1 fully saturated rings. The van der Waals surface area contributed by atoms with Crippen molar-refractivity contribution in [2.45, 2.75) is 57.1 Å².